The first-order chi connectivity index (χ1) is 11.0. The van der Waals surface area contributed by atoms with Crippen LogP contribution in [0.4, 0.5) is 4.39 Å². The third-order valence-corrected chi connectivity index (χ3v) is 5.22. The van der Waals surface area contributed by atoms with Crippen LogP contribution in [0.25, 0.3) is 6.08 Å². The maximum atomic E-state index is 14.1. The molecule has 0 aliphatic carbocycles. The van der Waals surface area contributed by atoms with Gasteiger partial charge < -0.3 is 9.31 Å². The van der Waals surface area contributed by atoms with Gasteiger partial charge in [0, 0.05) is 18.4 Å². The molecule has 2 rings (SSSR count). The van der Waals surface area contributed by atoms with Crippen molar-refractivity contribution in [3.8, 4) is 0 Å². The van der Waals surface area contributed by atoms with Crippen molar-refractivity contribution in [3.63, 3.8) is 0 Å². The molecular weight excluding hydrogens is 328 g/mol. The first kappa shape index (κ1) is 19.2. The Kier molecular flexibility index (Phi) is 5.57. The first-order valence-electron chi connectivity index (χ1n) is 7.84. The molecule has 4 nitrogen and oxygen atoms in total. The van der Waals surface area contributed by atoms with Crippen LogP contribution in [0.15, 0.2) is 17.6 Å². The zero-order chi connectivity index (χ0) is 18.1. The monoisotopic (exact) mass is 351 g/mol. The standard InChI is InChI=1S/C17H23BFNO3S/c1-11-7-8-14(19)15(20-11)9-13(10-24-12(2)21)18-22-16(3,4)17(5,6)23-18/h7-9H,10H2,1-6H3. The van der Waals surface area contributed by atoms with Crippen LogP contribution in [0.5, 0.6) is 0 Å². The molecule has 0 saturated carbocycles. The highest BCUT2D eigenvalue weighted by molar-refractivity contribution is 8.13. The summed E-state index contributed by atoms with van der Waals surface area (Å²) in [5.74, 6) is -0.0521. The lowest BCUT2D eigenvalue weighted by molar-refractivity contribution is -0.109. The summed E-state index contributed by atoms with van der Waals surface area (Å²) in [4.78, 5) is 15.6. The highest BCUT2D eigenvalue weighted by Crippen LogP contribution is 2.39. The molecule has 24 heavy (non-hydrogen) atoms. The van der Waals surface area contributed by atoms with Crippen LogP contribution in [-0.4, -0.2) is 34.2 Å². The van der Waals surface area contributed by atoms with Gasteiger partial charge in [0.2, 0.25) is 0 Å². The first-order valence-corrected chi connectivity index (χ1v) is 8.83. The number of thioether (sulfide) groups is 1. The highest BCUT2D eigenvalue weighted by atomic mass is 32.2. The van der Waals surface area contributed by atoms with Gasteiger partial charge in [0.05, 0.1) is 16.9 Å². The number of rotatable bonds is 4. The fourth-order valence-corrected chi connectivity index (χ4v) is 2.78. The topological polar surface area (TPSA) is 48.4 Å². The third-order valence-electron chi connectivity index (χ3n) is 4.33. The largest absolute Gasteiger partial charge is 0.491 e. The molecule has 0 N–H and O–H groups in total. The molecule has 0 bridgehead atoms. The quantitative estimate of drug-likeness (QED) is 0.772. The van der Waals surface area contributed by atoms with E-state index in [4.69, 9.17) is 9.31 Å². The summed E-state index contributed by atoms with van der Waals surface area (Å²) in [5.41, 5.74) is 0.622. The predicted molar refractivity (Wildman–Crippen MR) is 96.1 cm³/mol. The number of aryl methyl sites for hydroxylation is 1. The van der Waals surface area contributed by atoms with Gasteiger partial charge in [-0.25, -0.2) is 4.39 Å². The minimum absolute atomic E-state index is 0.0184. The molecule has 1 aliphatic heterocycles. The van der Waals surface area contributed by atoms with Crippen LogP contribution in [0.2, 0.25) is 0 Å². The number of carbonyl (C=O) groups is 1. The van der Waals surface area contributed by atoms with Gasteiger partial charge in [-0.2, -0.15) is 0 Å². The molecule has 0 atom stereocenters. The molecule has 7 heteroatoms. The molecule has 0 aromatic carbocycles. The summed E-state index contributed by atoms with van der Waals surface area (Å²) in [6, 6.07) is 3.00. The Hall–Kier alpha value is -1.18. The Balaban J connectivity index is 2.37. The van der Waals surface area contributed by atoms with Crippen LogP contribution in [0, 0.1) is 12.7 Å². The highest BCUT2D eigenvalue weighted by Gasteiger charge is 2.52. The van der Waals surface area contributed by atoms with Crippen LogP contribution < -0.4 is 0 Å². The molecule has 0 radical (unpaired) electrons. The summed E-state index contributed by atoms with van der Waals surface area (Å²) in [6.07, 6.45) is 1.63. The van der Waals surface area contributed by atoms with Crippen molar-refractivity contribution >= 4 is 30.1 Å². The fourth-order valence-electron chi connectivity index (χ4n) is 2.19. The van der Waals surface area contributed by atoms with Crippen molar-refractivity contribution in [3.05, 3.63) is 34.8 Å². The molecule has 0 spiro atoms. The van der Waals surface area contributed by atoms with Gasteiger partial charge in [-0.3, -0.25) is 9.78 Å². The van der Waals surface area contributed by atoms with E-state index in [2.05, 4.69) is 4.98 Å². The van der Waals surface area contributed by atoms with E-state index in [1.807, 2.05) is 27.7 Å². The number of pyridine rings is 1. The van der Waals surface area contributed by atoms with Crippen LogP contribution in [0.1, 0.15) is 46.0 Å². The van der Waals surface area contributed by atoms with E-state index >= 15 is 0 Å². The number of nitrogens with zero attached hydrogens (tertiary/aromatic N) is 1. The molecule has 1 saturated heterocycles. The van der Waals surface area contributed by atoms with E-state index in [0.29, 0.717) is 11.2 Å². The van der Waals surface area contributed by atoms with Crippen molar-refractivity contribution < 1.29 is 18.5 Å². The van der Waals surface area contributed by atoms with Gasteiger partial charge in [-0.05, 0) is 58.3 Å². The van der Waals surface area contributed by atoms with Gasteiger partial charge in [0.25, 0.3) is 0 Å². The van der Waals surface area contributed by atoms with Crippen molar-refractivity contribution in [2.45, 2.75) is 52.7 Å². The molecule has 1 aromatic heterocycles. The summed E-state index contributed by atoms with van der Waals surface area (Å²) in [6.45, 7) is 11.1. The van der Waals surface area contributed by atoms with Crippen molar-refractivity contribution in [1.29, 1.82) is 0 Å². The van der Waals surface area contributed by atoms with Gasteiger partial charge in [-0.15, -0.1) is 0 Å². The van der Waals surface area contributed by atoms with E-state index in [9.17, 15) is 9.18 Å². The van der Waals surface area contributed by atoms with Crippen molar-refractivity contribution in [2.75, 3.05) is 5.75 Å². The molecule has 130 valence electrons. The van der Waals surface area contributed by atoms with E-state index in [0.717, 1.165) is 17.5 Å². The number of aromatic nitrogens is 1. The minimum atomic E-state index is -0.636. The molecule has 0 amide bonds. The van der Waals surface area contributed by atoms with Gasteiger partial charge >= 0.3 is 7.12 Å². The zero-order valence-corrected chi connectivity index (χ0v) is 15.8. The van der Waals surface area contributed by atoms with E-state index in [1.165, 1.54) is 13.0 Å². The van der Waals surface area contributed by atoms with E-state index in [1.54, 1.807) is 19.1 Å². The number of halogens is 1. The number of carbonyl (C=O) groups excluding carboxylic acids is 1. The minimum Gasteiger partial charge on any atom is -0.400 e. The Bertz CT molecular complexity index is 660. The molecule has 0 unspecified atom stereocenters. The van der Waals surface area contributed by atoms with E-state index < -0.39 is 24.1 Å². The fraction of sp³-hybridized carbons (Fsp3) is 0.529. The van der Waals surface area contributed by atoms with E-state index in [-0.39, 0.29) is 10.8 Å². The lowest BCUT2D eigenvalue weighted by atomic mass is 9.78. The Morgan fingerprint density at radius 2 is 1.88 bits per heavy atom. The maximum Gasteiger partial charge on any atom is 0.491 e. The average Bonchev–Trinajstić information content (AvgIpc) is 2.66. The SMILES string of the molecule is CC(=O)SCC(=Cc1nc(C)ccc1F)B1OC(C)(C)C(C)(C)O1. The van der Waals surface area contributed by atoms with Gasteiger partial charge in [0.1, 0.15) is 5.82 Å². The summed E-state index contributed by atoms with van der Waals surface area (Å²) in [5, 5.41) is -0.0184. The molecule has 1 fully saturated rings. The molecule has 2 heterocycles. The second-order valence-corrected chi connectivity index (χ2v) is 8.06. The second-order valence-electron chi connectivity index (χ2n) is 6.91. The summed E-state index contributed by atoms with van der Waals surface area (Å²) >= 11 is 1.14. The molecule has 1 aromatic rings. The van der Waals surface area contributed by atoms with Crippen molar-refractivity contribution in [2.24, 2.45) is 0 Å². The lowest BCUT2D eigenvalue weighted by Gasteiger charge is -2.32. The van der Waals surface area contributed by atoms with Crippen LogP contribution in [0.3, 0.4) is 0 Å². The Labute approximate surface area is 147 Å². The van der Waals surface area contributed by atoms with Crippen LogP contribution in [-0.2, 0) is 14.1 Å². The summed E-state index contributed by atoms with van der Waals surface area (Å²) in [7, 11) is -0.636. The molecule has 1 aliphatic rings. The normalized spacial score (nSPS) is 19.6. The van der Waals surface area contributed by atoms with Crippen molar-refractivity contribution in [1.82, 2.24) is 4.98 Å². The smallest absolute Gasteiger partial charge is 0.400 e. The van der Waals surface area contributed by atoms with Gasteiger partial charge in [-0.1, -0.05) is 11.8 Å². The van der Waals surface area contributed by atoms with Crippen LogP contribution >= 0.6 is 11.8 Å². The summed E-state index contributed by atoms with van der Waals surface area (Å²) < 4.78 is 26.1. The third kappa shape index (κ3) is 4.26. The number of hydrogen-bond acceptors (Lipinski definition) is 5. The lowest BCUT2D eigenvalue weighted by Crippen LogP contribution is -2.41. The maximum absolute atomic E-state index is 14.1. The van der Waals surface area contributed by atoms with Gasteiger partial charge in [0.15, 0.2) is 5.12 Å². The number of hydrogen-bond donors (Lipinski definition) is 0. The molecular formula is C17H23BFNO3S. The average molecular weight is 351 g/mol. The second kappa shape index (κ2) is 6.98. The zero-order valence-electron chi connectivity index (χ0n) is 15.0. The predicted octanol–water partition coefficient (Wildman–Crippen LogP) is 3.82. The Morgan fingerprint density at radius 1 is 1.29 bits per heavy atom. The Morgan fingerprint density at radius 3 is 2.42 bits per heavy atom.